The Hall–Kier alpha value is 0.120. The van der Waals surface area contributed by atoms with E-state index in [4.69, 9.17) is 16.3 Å². The van der Waals surface area contributed by atoms with Gasteiger partial charge in [-0.15, -0.1) is 0 Å². The van der Waals surface area contributed by atoms with Crippen LogP contribution in [-0.4, -0.2) is 12.5 Å². The molecule has 0 aromatic rings. The Morgan fingerprint density at radius 3 is 2.78 bits per heavy atom. The first-order valence-electron chi connectivity index (χ1n) is 3.38. The third-order valence-electron chi connectivity index (χ3n) is 1.74. The highest BCUT2D eigenvalue weighted by Gasteiger charge is 2.34. The van der Waals surface area contributed by atoms with Crippen molar-refractivity contribution in [2.75, 3.05) is 7.11 Å². The first-order valence-corrected chi connectivity index (χ1v) is 3.82. The average molecular weight is 148 g/mol. The second kappa shape index (κ2) is 3.33. The van der Waals surface area contributed by atoms with Crippen molar-refractivity contribution in [3.63, 3.8) is 0 Å². The van der Waals surface area contributed by atoms with E-state index in [-0.39, 0.29) is 5.38 Å². The standard InChI is InChI=1S/C7H12ClO/c1-9-7-5-3-2-4-6(7)8/h6H,2-5H2,1H3/q+1. The molecule has 52 valence electrons. The molecule has 0 saturated heterocycles. The van der Waals surface area contributed by atoms with Crippen LogP contribution in [0.2, 0.25) is 0 Å². The minimum Gasteiger partial charge on any atom is -0.195 e. The molecule has 0 N–H and O–H groups in total. The average Bonchev–Trinajstić information content (AvgIpc) is 1.89. The van der Waals surface area contributed by atoms with E-state index in [0.717, 1.165) is 18.9 Å². The summed E-state index contributed by atoms with van der Waals surface area (Å²) in [5.74, 6) is 0. The molecule has 0 heterocycles. The molecule has 1 unspecified atom stereocenters. The van der Waals surface area contributed by atoms with E-state index in [2.05, 4.69) is 0 Å². The molecule has 1 aliphatic carbocycles. The molecule has 1 nitrogen and oxygen atoms in total. The molecule has 0 bridgehead atoms. The molecular formula is C7H12ClO+. The lowest BCUT2D eigenvalue weighted by atomic mass is 9.97. The van der Waals surface area contributed by atoms with Gasteiger partial charge in [0.2, 0.25) is 5.38 Å². The Kier molecular flexibility index (Phi) is 2.67. The molecule has 0 aromatic carbocycles. The van der Waals surface area contributed by atoms with Crippen LogP contribution in [0.5, 0.6) is 0 Å². The summed E-state index contributed by atoms with van der Waals surface area (Å²) >= 11 is 5.92. The third kappa shape index (κ3) is 1.77. The van der Waals surface area contributed by atoms with E-state index >= 15 is 0 Å². The molecule has 1 aliphatic rings. The Morgan fingerprint density at radius 2 is 2.33 bits per heavy atom. The van der Waals surface area contributed by atoms with Crippen molar-refractivity contribution in [2.24, 2.45) is 0 Å². The van der Waals surface area contributed by atoms with Crippen LogP contribution in [0.25, 0.3) is 0 Å². The summed E-state index contributed by atoms with van der Waals surface area (Å²) in [6.07, 6.45) is 5.71. The zero-order valence-electron chi connectivity index (χ0n) is 5.69. The second-order valence-corrected chi connectivity index (χ2v) is 2.91. The fourth-order valence-corrected chi connectivity index (χ4v) is 1.52. The van der Waals surface area contributed by atoms with Crippen LogP contribution >= 0.6 is 11.6 Å². The normalized spacial score (nSPS) is 28.7. The van der Waals surface area contributed by atoms with E-state index in [1.807, 2.05) is 0 Å². The fourth-order valence-electron chi connectivity index (χ4n) is 1.17. The van der Waals surface area contributed by atoms with Crippen molar-refractivity contribution in [3.05, 3.63) is 6.10 Å². The maximum Gasteiger partial charge on any atom is 0.259 e. The molecule has 0 aliphatic heterocycles. The molecular weight excluding hydrogens is 136 g/mol. The van der Waals surface area contributed by atoms with Gasteiger partial charge in [0.15, 0.2) is 0 Å². The summed E-state index contributed by atoms with van der Waals surface area (Å²) in [5.41, 5.74) is 0. The quantitative estimate of drug-likeness (QED) is 0.409. The van der Waals surface area contributed by atoms with Gasteiger partial charge in [0.1, 0.15) is 6.42 Å². The Morgan fingerprint density at radius 1 is 1.56 bits per heavy atom. The minimum absolute atomic E-state index is 0.184. The van der Waals surface area contributed by atoms with Crippen LogP contribution in [0, 0.1) is 6.10 Å². The van der Waals surface area contributed by atoms with Gasteiger partial charge in [-0.1, -0.05) is 11.6 Å². The zero-order chi connectivity index (χ0) is 6.69. The Labute approximate surface area is 61.3 Å². The molecule has 0 spiro atoms. The molecule has 2 heteroatoms. The van der Waals surface area contributed by atoms with Crippen LogP contribution < -0.4 is 0 Å². The zero-order valence-corrected chi connectivity index (χ0v) is 6.45. The summed E-state index contributed by atoms with van der Waals surface area (Å²) in [6.45, 7) is 0. The smallest absolute Gasteiger partial charge is 0.195 e. The summed E-state index contributed by atoms with van der Waals surface area (Å²) < 4.78 is 5.09. The topological polar surface area (TPSA) is 9.23 Å². The fraction of sp³-hybridized carbons (Fsp3) is 0.857. The van der Waals surface area contributed by atoms with Crippen LogP contribution in [0.3, 0.4) is 0 Å². The van der Waals surface area contributed by atoms with Gasteiger partial charge >= 0.3 is 0 Å². The van der Waals surface area contributed by atoms with E-state index in [0.29, 0.717) is 0 Å². The van der Waals surface area contributed by atoms with E-state index in [1.165, 1.54) is 12.8 Å². The van der Waals surface area contributed by atoms with Gasteiger partial charge in [-0.3, -0.25) is 0 Å². The van der Waals surface area contributed by atoms with Crippen LogP contribution in [0.1, 0.15) is 25.7 Å². The second-order valence-electron chi connectivity index (χ2n) is 2.38. The number of hydrogen-bond donors (Lipinski definition) is 0. The first-order chi connectivity index (χ1) is 4.34. The van der Waals surface area contributed by atoms with Crippen molar-refractivity contribution in [1.29, 1.82) is 0 Å². The van der Waals surface area contributed by atoms with Crippen LogP contribution in [0.4, 0.5) is 0 Å². The number of hydrogen-bond acceptors (Lipinski definition) is 1. The monoisotopic (exact) mass is 147 g/mol. The highest BCUT2D eigenvalue weighted by Crippen LogP contribution is 2.30. The number of alkyl halides is 1. The predicted molar refractivity (Wildman–Crippen MR) is 38.4 cm³/mol. The molecule has 0 radical (unpaired) electrons. The van der Waals surface area contributed by atoms with Gasteiger partial charge < -0.3 is 0 Å². The molecule has 1 saturated carbocycles. The number of halogens is 1. The van der Waals surface area contributed by atoms with Crippen LogP contribution in [0.15, 0.2) is 0 Å². The van der Waals surface area contributed by atoms with Crippen molar-refractivity contribution in [3.8, 4) is 0 Å². The highest BCUT2D eigenvalue weighted by atomic mass is 35.5. The lowest BCUT2D eigenvalue weighted by Crippen LogP contribution is -2.18. The van der Waals surface area contributed by atoms with Crippen molar-refractivity contribution in [2.45, 2.75) is 31.1 Å². The lowest BCUT2D eigenvalue weighted by Gasteiger charge is -2.13. The first kappa shape index (κ1) is 7.23. The van der Waals surface area contributed by atoms with E-state index in [9.17, 15) is 0 Å². The highest BCUT2D eigenvalue weighted by molar-refractivity contribution is 6.21. The van der Waals surface area contributed by atoms with Crippen molar-refractivity contribution < 1.29 is 4.74 Å². The van der Waals surface area contributed by atoms with Gasteiger partial charge in [0, 0.05) is 6.42 Å². The maximum atomic E-state index is 5.92. The molecule has 1 rings (SSSR count). The van der Waals surface area contributed by atoms with Crippen molar-refractivity contribution in [1.82, 2.24) is 0 Å². The van der Waals surface area contributed by atoms with Gasteiger partial charge in [0.25, 0.3) is 6.10 Å². The summed E-state index contributed by atoms with van der Waals surface area (Å²) in [6, 6.07) is 0. The third-order valence-corrected chi connectivity index (χ3v) is 2.20. The van der Waals surface area contributed by atoms with E-state index < -0.39 is 0 Å². The number of rotatable bonds is 1. The Balaban J connectivity index is 2.30. The summed E-state index contributed by atoms with van der Waals surface area (Å²) in [4.78, 5) is 0. The Bertz CT molecular complexity index is 85.0. The minimum atomic E-state index is 0.184. The predicted octanol–water partition coefficient (Wildman–Crippen LogP) is 2.35. The summed E-state index contributed by atoms with van der Waals surface area (Å²) in [5, 5.41) is 0.184. The van der Waals surface area contributed by atoms with Gasteiger partial charge in [0.05, 0.1) is 7.11 Å². The van der Waals surface area contributed by atoms with Gasteiger partial charge in [-0.2, -0.15) is 4.74 Å². The molecule has 0 aromatic heterocycles. The van der Waals surface area contributed by atoms with Gasteiger partial charge in [-0.25, -0.2) is 0 Å². The number of ether oxygens (including phenoxy) is 1. The van der Waals surface area contributed by atoms with Crippen LogP contribution in [-0.2, 0) is 4.74 Å². The largest absolute Gasteiger partial charge is 0.259 e. The van der Waals surface area contributed by atoms with Gasteiger partial charge in [-0.05, 0) is 12.8 Å². The molecule has 1 fully saturated rings. The molecule has 1 atom stereocenters. The SMILES string of the molecule is CO[C+]1CCCCC1Cl. The maximum absolute atomic E-state index is 5.92. The van der Waals surface area contributed by atoms with Crippen molar-refractivity contribution >= 4 is 11.6 Å². The number of methoxy groups -OCH3 is 1. The molecule has 0 amide bonds. The molecule has 9 heavy (non-hydrogen) atoms. The summed E-state index contributed by atoms with van der Waals surface area (Å²) in [7, 11) is 1.70. The lowest BCUT2D eigenvalue weighted by molar-refractivity contribution is 0.169. The van der Waals surface area contributed by atoms with E-state index in [1.54, 1.807) is 7.11 Å².